The van der Waals surface area contributed by atoms with Crippen LogP contribution in [-0.2, 0) is 0 Å². The molecule has 0 aromatic heterocycles. The van der Waals surface area contributed by atoms with Crippen molar-refractivity contribution in [2.75, 3.05) is 0 Å². The molecule has 3 heteroatoms. The maximum absolute atomic E-state index is 11.0. The van der Waals surface area contributed by atoms with Crippen molar-refractivity contribution in [3.8, 4) is 0 Å². The summed E-state index contributed by atoms with van der Waals surface area (Å²) >= 11 is 0. The van der Waals surface area contributed by atoms with Gasteiger partial charge in [-0.25, -0.2) is 0 Å². The zero-order valence-corrected chi connectivity index (χ0v) is 8.03. The molecule has 0 aromatic rings. The van der Waals surface area contributed by atoms with Crippen molar-refractivity contribution in [2.45, 2.75) is 38.9 Å². The minimum absolute atomic E-state index is 0. The zero-order chi connectivity index (χ0) is 6.62. The summed E-state index contributed by atoms with van der Waals surface area (Å²) in [5, 5.41) is 0. The molecule has 0 aliphatic carbocycles. The first-order valence-electron chi connectivity index (χ1n) is 3.26. The third-order valence-corrected chi connectivity index (χ3v) is 2.69. The molecule has 9 heavy (non-hydrogen) atoms. The summed E-state index contributed by atoms with van der Waals surface area (Å²) in [5.74, 6) is 0. The normalized spacial score (nSPS) is 10.7. The molecule has 0 saturated carbocycles. The molecule has 0 saturated heterocycles. The van der Waals surface area contributed by atoms with E-state index in [1.54, 1.807) is 0 Å². The maximum Gasteiger partial charge on any atom is 1.00 e. The minimum Gasteiger partial charge on any atom is -0.859 e. The average Bonchev–Trinajstić information content (AvgIpc) is 1.59. The van der Waals surface area contributed by atoms with Crippen LogP contribution in [-0.4, -0.2) is 8.32 Å². The molecule has 0 bridgehead atoms. The van der Waals surface area contributed by atoms with Crippen LogP contribution in [0.2, 0.25) is 19.1 Å². The van der Waals surface area contributed by atoms with E-state index in [0.29, 0.717) is 0 Å². The predicted molar refractivity (Wildman–Crippen MR) is 37.2 cm³/mol. The molecule has 0 spiro atoms. The largest absolute Gasteiger partial charge is 1.00 e. The molecule has 0 aromatic carbocycles. The van der Waals surface area contributed by atoms with Gasteiger partial charge in [-0.2, -0.15) is 0 Å². The second kappa shape index (κ2) is 5.55. The van der Waals surface area contributed by atoms with Crippen LogP contribution in [0.15, 0.2) is 0 Å². The SMILES string of the molecule is CCCC[Si](C)(C)[O-].[Li+]. The molecule has 0 radical (unpaired) electrons. The van der Waals surface area contributed by atoms with Gasteiger partial charge in [0.15, 0.2) is 0 Å². The van der Waals surface area contributed by atoms with Crippen molar-refractivity contribution in [2.24, 2.45) is 0 Å². The summed E-state index contributed by atoms with van der Waals surface area (Å²) in [6, 6.07) is 0.948. The smallest absolute Gasteiger partial charge is 0.859 e. The monoisotopic (exact) mass is 138 g/mol. The van der Waals surface area contributed by atoms with Crippen LogP contribution in [0.5, 0.6) is 0 Å². The average molecular weight is 138 g/mol. The van der Waals surface area contributed by atoms with E-state index < -0.39 is 8.32 Å². The third kappa shape index (κ3) is 12.1. The number of hydrogen-bond acceptors (Lipinski definition) is 1. The summed E-state index contributed by atoms with van der Waals surface area (Å²) in [4.78, 5) is 11.0. The summed E-state index contributed by atoms with van der Waals surface area (Å²) < 4.78 is 0. The quantitative estimate of drug-likeness (QED) is 0.429. The molecule has 0 aliphatic rings. The van der Waals surface area contributed by atoms with Gasteiger partial charge in [0, 0.05) is 0 Å². The number of hydrogen-bond donors (Lipinski definition) is 0. The molecule has 0 heterocycles. The minimum atomic E-state index is -1.93. The van der Waals surface area contributed by atoms with Crippen molar-refractivity contribution >= 4 is 8.32 Å². The summed E-state index contributed by atoms with van der Waals surface area (Å²) in [6.07, 6.45) is 2.29. The summed E-state index contributed by atoms with van der Waals surface area (Å²) in [6.45, 7) is 5.88. The van der Waals surface area contributed by atoms with E-state index in [1.807, 2.05) is 13.1 Å². The van der Waals surface area contributed by atoms with Gasteiger partial charge in [-0.05, 0) is 0 Å². The maximum atomic E-state index is 11.0. The van der Waals surface area contributed by atoms with Crippen molar-refractivity contribution in [1.82, 2.24) is 0 Å². The van der Waals surface area contributed by atoms with E-state index in [-0.39, 0.29) is 18.9 Å². The fourth-order valence-electron chi connectivity index (χ4n) is 0.602. The Morgan fingerprint density at radius 2 is 1.78 bits per heavy atom. The van der Waals surface area contributed by atoms with Crippen LogP contribution in [0.4, 0.5) is 0 Å². The molecule has 50 valence electrons. The van der Waals surface area contributed by atoms with Gasteiger partial charge in [0.2, 0.25) is 0 Å². The van der Waals surface area contributed by atoms with E-state index in [1.165, 1.54) is 6.42 Å². The van der Waals surface area contributed by atoms with Gasteiger partial charge < -0.3 is 4.80 Å². The van der Waals surface area contributed by atoms with Crippen LogP contribution in [0.1, 0.15) is 19.8 Å². The molecule has 0 fully saturated rings. The molecular formula is C6H15LiOSi. The van der Waals surface area contributed by atoms with Crippen LogP contribution in [0.25, 0.3) is 0 Å². The number of unbranched alkanes of at least 4 members (excludes halogenated alkanes) is 1. The molecular weight excluding hydrogens is 123 g/mol. The van der Waals surface area contributed by atoms with Gasteiger partial charge in [-0.15, -0.1) is 0 Å². The fraction of sp³-hybridized carbons (Fsp3) is 1.00. The van der Waals surface area contributed by atoms with Crippen LogP contribution in [0.3, 0.4) is 0 Å². The van der Waals surface area contributed by atoms with Gasteiger partial charge in [-0.1, -0.05) is 47.2 Å². The Bertz CT molecular complexity index is 60.6. The van der Waals surface area contributed by atoms with Crippen molar-refractivity contribution in [3.63, 3.8) is 0 Å². The van der Waals surface area contributed by atoms with E-state index in [4.69, 9.17) is 0 Å². The molecule has 0 N–H and O–H groups in total. The number of rotatable bonds is 3. The van der Waals surface area contributed by atoms with Gasteiger partial charge in [0.25, 0.3) is 0 Å². The Hall–Kier alpha value is 0.774. The molecule has 1 nitrogen and oxygen atoms in total. The first-order chi connectivity index (χ1) is 3.56. The summed E-state index contributed by atoms with van der Waals surface area (Å²) in [7, 11) is -1.93. The Morgan fingerprint density at radius 1 is 1.33 bits per heavy atom. The molecule has 0 atom stereocenters. The Balaban J connectivity index is 0. The van der Waals surface area contributed by atoms with Crippen molar-refractivity contribution in [3.05, 3.63) is 0 Å². The first-order valence-corrected chi connectivity index (χ1v) is 6.38. The standard InChI is InChI=1S/C6H15OSi.Li/c1-4-5-6-8(2,3)7;/h4-6H2,1-3H3;/q-1;+1. The van der Waals surface area contributed by atoms with Crippen LogP contribution in [0, 0.1) is 0 Å². The molecule has 0 rings (SSSR count). The Kier molecular flexibility index (Phi) is 7.68. The molecule has 0 aliphatic heterocycles. The van der Waals surface area contributed by atoms with Gasteiger partial charge in [0.1, 0.15) is 0 Å². The van der Waals surface area contributed by atoms with Gasteiger partial charge in [0.05, 0.1) is 0 Å². The van der Waals surface area contributed by atoms with E-state index in [2.05, 4.69) is 6.92 Å². The van der Waals surface area contributed by atoms with E-state index >= 15 is 0 Å². The van der Waals surface area contributed by atoms with Gasteiger partial charge >= 0.3 is 18.9 Å². The molecule has 0 amide bonds. The second-order valence-electron chi connectivity index (χ2n) is 2.86. The van der Waals surface area contributed by atoms with E-state index in [0.717, 1.165) is 12.5 Å². The van der Waals surface area contributed by atoms with Crippen molar-refractivity contribution in [1.29, 1.82) is 0 Å². The van der Waals surface area contributed by atoms with Gasteiger partial charge in [-0.3, -0.25) is 0 Å². The fourth-order valence-corrected chi connectivity index (χ4v) is 1.81. The molecule has 0 unspecified atom stereocenters. The predicted octanol–water partition coefficient (Wildman–Crippen LogP) is -1.64. The Morgan fingerprint density at radius 3 is 1.89 bits per heavy atom. The topological polar surface area (TPSA) is 23.1 Å². The van der Waals surface area contributed by atoms with Crippen LogP contribution >= 0.6 is 0 Å². The first kappa shape index (κ1) is 12.5. The Labute approximate surface area is 71.2 Å². The van der Waals surface area contributed by atoms with Crippen molar-refractivity contribution < 1.29 is 23.7 Å². The zero-order valence-electron chi connectivity index (χ0n) is 7.03. The summed E-state index contributed by atoms with van der Waals surface area (Å²) in [5.41, 5.74) is 0. The third-order valence-electron chi connectivity index (χ3n) is 1.13. The van der Waals surface area contributed by atoms with E-state index in [9.17, 15) is 4.80 Å². The van der Waals surface area contributed by atoms with Crippen LogP contribution < -0.4 is 23.7 Å². The second-order valence-corrected chi connectivity index (χ2v) is 6.88.